The average molecular weight is 219 g/mol. The molecule has 0 aromatic heterocycles. The minimum atomic E-state index is -1.07. The molecular weight excluding hydrogens is 202 g/mol. The summed E-state index contributed by atoms with van der Waals surface area (Å²) in [6.07, 6.45) is 2.41. The van der Waals surface area contributed by atoms with Crippen molar-refractivity contribution in [3.63, 3.8) is 0 Å². The van der Waals surface area contributed by atoms with Crippen LogP contribution >= 0.6 is 11.8 Å². The third-order valence-corrected chi connectivity index (χ3v) is 2.79. The van der Waals surface area contributed by atoms with E-state index in [1.54, 1.807) is 18.8 Å². The summed E-state index contributed by atoms with van der Waals surface area (Å²) in [4.78, 5) is 23.2. The molecule has 14 heavy (non-hydrogen) atoms. The van der Waals surface area contributed by atoms with Crippen LogP contribution in [0.15, 0.2) is 0 Å². The zero-order valence-corrected chi connectivity index (χ0v) is 9.63. The molecule has 5 heteroatoms. The summed E-state index contributed by atoms with van der Waals surface area (Å²) in [5, 5.41) is 8.46. The van der Waals surface area contributed by atoms with Gasteiger partial charge in [0.05, 0.1) is 0 Å². The van der Waals surface area contributed by atoms with Gasteiger partial charge in [-0.15, -0.1) is 0 Å². The van der Waals surface area contributed by atoms with Gasteiger partial charge in [-0.3, -0.25) is 9.59 Å². The molecule has 82 valence electrons. The van der Waals surface area contributed by atoms with Crippen LogP contribution in [0.5, 0.6) is 0 Å². The lowest BCUT2D eigenvalue weighted by molar-refractivity contribution is -0.144. The van der Waals surface area contributed by atoms with E-state index >= 15 is 0 Å². The van der Waals surface area contributed by atoms with E-state index in [-0.39, 0.29) is 11.9 Å². The van der Waals surface area contributed by atoms with Crippen molar-refractivity contribution in [2.75, 3.05) is 19.1 Å². The second-order valence-corrected chi connectivity index (χ2v) is 4.00. The Hall–Kier alpha value is -0.710. The molecule has 4 nitrogen and oxygen atoms in total. The molecule has 0 fully saturated rings. The molecule has 1 unspecified atom stereocenters. The van der Waals surface area contributed by atoms with E-state index in [9.17, 15) is 9.59 Å². The molecule has 0 saturated carbocycles. The number of carboxylic acid groups (broad SMARTS) is 1. The van der Waals surface area contributed by atoms with E-state index in [1.807, 2.05) is 13.2 Å². The molecule has 0 bridgehead atoms. The van der Waals surface area contributed by atoms with Crippen molar-refractivity contribution >= 4 is 23.6 Å². The minimum absolute atomic E-state index is 0.136. The summed E-state index contributed by atoms with van der Waals surface area (Å²) >= 11 is 1.66. The third-order valence-electron chi connectivity index (χ3n) is 2.07. The first-order valence-corrected chi connectivity index (χ1v) is 5.88. The van der Waals surface area contributed by atoms with Gasteiger partial charge >= 0.3 is 5.97 Å². The van der Waals surface area contributed by atoms with Crippen LogP contribution in [0, 0.1) is 0 Å². The maximum atomic E-state index is 11.4. The van der Waals surface area contributed by atoms with Gasteiger partial charge in [0.2, 0.25) is 5.91 Å². The van der Waals surface area contributed by atoms with E-state index in [4.69, 9.17) is 5.11 Å². The van der Waals surface area contributed by atoms with Crippen LogP contribution in [0.4, 0.5) is 0 Å². The molecule has 1 atom stereocenters. The van der Waals surface area contributed by atoms with E-state index in [1.165, 1.54) is 4.90 Å². The quantitative estimate of drug-likeness (QED) is 0.679. The molecular formula is C9H17NO3S. The molecule has 0 aliphatic rings. The van der Waals surface area contributed by atoms with Crippen LogP contribution in [0.2, 0.25) is 0 Å². The summed E-state index contributed by atoms with van der Waals surface area (Å²) in [6, 6.07) is 0.136. The molecule has 0 heterocycles. The number of hydrogen-bond acceptors (Lipinski definition) is 3. The van der Waals surface area contributed by atoms with Crippen molar-refractivity contribution in [1.82, 2.24) is 4.90 Å². The van der Waals surface area contributed by atoms with Crippen molar-refractivity contribution in [3.8, 4) is 0 Å². The number of aliphatic carboxylic acids is 1. The molecule has 0 aromatic rings. The van der Waals surface area contributed by atoms with E-state index < -0.39 is 12.4 Å². The second-order valence-electron chi connectivity index (χ2n) is 3.09. The summed E-state index contributed by atoms with van der Waals surface area (Å²) < 4.78 is 0. The van der Waals surface area contributed by atoms with Crippen molar-refractivity contribution in [1.29, 1.82) is 0 Å². The van der Waals surface area contributed by atoms with Gasteiger partial charge in [0, 0.05) is 18.8 Å². The van der Waals surface area contributed by atoms with Gasteiger partial charge in [-0.05, 0) is 12.7 Å². The fourth-order valence-corrected chi connectivity index (χ4v) is 2.00. The fraction of sp³-hybridized carbons (Fsp3) is 0.778. The number of carboxylic acids is 1. The molecule has 1 N–H and O–H groups in total. The highest BCUT2D eigenvalue weighted by Gasteiger charge is 2.19. The monoisotopic (exact) mass is 219 g/mol. The fourth-order valence-electron chi connectivity index (χ4n) is 1.15. The SMILES string of the molecule is CCC(CSC)N(C)C(=O)CC(=O)O. The zero-order chi connectivity index (χ0) is 11.1. The van der Waals surface area contributed by atoms with Crippen molar-refractivity contribution in [2.45, 2.75) is 25.8 Å². The maximum absolute atomic E-state index is 11.4. The highest BCUT2D eigenvalue weighted by Crippen LogP contribution is 2.09. The number of hydrogen-bond donors (Lipinski definition) is 1. The predicted octanol–water partition coefficient (Wildman–Crippen LogP) is 1.06. The van der Waals surface area contributed by atoms with E-state index in [0.29, 0.717) is 0 Å². The average Bonchev–Trinajstić information content (AvgIpc) is 2.12. The van der Waals surface area contributed by atoms with Crippen LogP contribution < -0.4 is 0 Å². The first kappa shape index (κ1) is 13.3. The molecule has 0 saturated heterocycles. The molecule has 0 rings (SSSR count). The Labute approximate surface area is 88.7 Å². The first-order chi connectivity index (χ1) is 6.52. The summed E-state index contributed by atoms with van der Waals surface area (Å²) in [7, 11) is 1.66. The predicted molar refractivity (Wildman–Crippen MR) is 57.5 cm³/mol. The van der Waals surface area contributed by atoms with Crippen LogP contribution in [0.1, 0.15) is 19.8 Å². The van der Waals surface area contributed by atoms with Gasteiger partial charge in [0.1, 0.15) is 6.42 Å². The number of rotatable bonds is 6. The topological polar surface area (TPSA) is 57.6 Å². The first-order valence-electron chi connectivity index (χ1n) is 4.49. The number of thioether (sulfide) groups is 1. The second kappa shape index (κ2) is 6.70. The lowest BCUT2D eigenvalue weighted by Gasteiger charge is -2.26. The number of carbonyl (C=O) groups excluding carboxylic acids is 1. The molecule has 0 aliphatic carbocycles. The van der Waals surface area contributed by atoms with Crippen LogP contribution in [0.25, 0.3) is 0 Å². The summed E-state index contributed by atoms with van der Waals surface area (Å²) in [6.45, 7) is 1.99. The minimum Gasteiger partial charge on any atom is -0.481 e. The number of carbonyl (C=O) groups is 2. The molecule has 0 aliphatic heterocycles. The Bertz CT molecular complexity index is 208. The van der Waals surface area contributed by atoms with E-state index in [0.717, 1.165) is 12.2 Å². The van der Waals surface area contributed by atoms with Crippen LogP contribution in [-0.2, 0) is 9.59 Å². The maximum Gasteiger partial charge on any atom is 0.312 e. The Balaban J connectivity index is 4.18. The van der Waals surface area contributed by atoms with Gasteiger partial charge < -0.3 is 10.0 Å². The highest BCUT2D eigenvalue weighted by molar-refractivity contribution is 7.98. The highest BCUT2D eigenvalue weighted by atomic mass is 32.2. The smallest absolute Gasteiger partial charge is 0.312 e. The molecule has 0 aromatic carbocycles. The number of amides is 1. The Kier molecular flexibility index (Phi) is 6.36. The summed E-state index contributed by atoms with van der Waals surface area (Å²) in [5.74, 6) is -0.544. The normalized spacial score (nSPS) is 12.2. The summed E-state index contributed by atoms with van der Waals surface area (Å²) in [5.41, 5.74) is 0. The van der Waals surface area contributed by atoms with Gasteiger partial charge in [-0.2, -0.15) is 11.8 Å². The largest absolute Gasteiger partial charge is 0.481 e. The van der Waals surface area contributed by atoms with Crippen molar-refractivity contribution < 1.29 is 14.7 Å². The van der Waals surface area contributed by atoms with Crippen molar-refractivity contribution in [3.05, 3.63) is 0 Å². The molecule has 0 spiro atoms. The number of nitrogens with zero attached hydrogens (tertiary/aromatic N) is 1. The van der Waals surface area contributed by atoms with E-state index in [2.05, 4.69) is 0 Å². The Morgan fingerprint density at radius 1 is 1.50 bits per heavy atom. The zero-order valence-electron chi connectivity index (χ0n) is 8.82. The van der Waals surface area contributed by atoms with Gasteiger partial charge in [-0.1, -0.05) is 6.92 Å². The van der Waals surface area contributed by atoms with Crippen LogP contribution in [0.3, 0.4) is 0 Å². The molecule has 0 radical (unpaired) electrons. The lowest BCUT2D eigenvalue weighted by Crippen LogP contribution is -2.39. The Morgan fingerprint density at radius 3 is 2.43 bits per heavy atom. The van der Waals surface area contributed by atoms with Crippen molar-refractivity contribution in [2.24, 2.45) is 0 Å². The van der Waals surface area contributed by atoms with Gasteiger partial charge in [-0.25, -0.2) is 0 Å². The van der Waals surface area contributed by atoms with Crippen LogP contribution in [-0.4, -0.2) is 47.0 Å². The molecule has 1 amide bonds. The third kappa shape index (κ3) is 4.50. The lowest BCUT2D eigenvalue weighted by atomic mass is 10.2. The Morgan fingerprint density at radius 2 is 2.07 bits per heavy atom. The van der Waals surface area contributed by atoms with Gasteiger partial charge in [0.15, 0.2) is 0 Å². The van der Waals surface area contributed by atoms with Gasteiger partial charge in [0.25, 0.3) is 0 Å². The standard InChI is InChI=1S/C9H17NO3S/c1-4-7(6-14-3)10(2)8(11)5-9(12)13/h7H,4-6H2,1-3H3,(H,12,13).